The van der Waals surface area contributed by atoms with Crippen molar-refractivity contribution in [1.29, 1.82) is 0 Å². The van der Waals surface area contributed by atoms with Crippen molar-refractivity contribution in [3.63, 3.8) is 0 Å². The number of carbonyl (C=O) groups is 1. The van der Waals surface area contributed by atoms with E-state index < -0.39 is 0 Å². The van der Waals surface area contributed by atoms with E-state index in [1.54, 1.807) is 23.1 Å². The molecule has 0 bridgehead atoms. The summed E-state index contributed by atoms with van der Waals surface area (Å²) in [5.41, 5.74) is 1.88. The lowest BCUT2D eigenvalue weighted by Gasteiger charge is -2.17. The molecular weight excluding hydrogens is 354 g/mol. The Morgan fingerprint density at radius 2 is 1.84 bits per heavy atom. The molecule has 25 heavy (non-hydrogen) atoms. The average molecular weight is 370 g/mol. The van der Waals surface area contributed by atoms with Gasteiger partial charge in [0.25, 0.3) is 0 Å². The van der Waals surface area contributed by atoms with Gasteiger partial charge in [0, 0.05) is 17.1 Å². The first-order valence-corrected chi connectivity index (χ1v) is 8.91. The molecule has 0 atom stereocenters. The monoisotopic (exact) mass is 369 g/mol. The van der Waals surface area contributed by atoms with E-state index in [0.717, 1.165) is 16.1 Å². The fraction of sp³-hybridized carbons (Fsp3) is 0.105. The maximum atomic E-state index is 12.7. The van der Waals surface area contributed by atoms with Gasteiger partial charge >= 0.3 is 0 Å². The van der Waals surface area contributed by atoms with Crippen LogP contribution in [0.1, 0.15) is 5.56 Å². The standard InChI is InChI=1S/C19H16ClN3OS/c1-2-12-23(17(24)13-14-6-4-3-5-7-14)19-22-21-18(25-19)15-8-10-16(20)11-9-15/h2-11H,1,12-13H2. The van der Waals surface area contributed by atoms with Crippen LogP contribution >= 0.6 is 22.9 Å². The first kappa shape index (κ1) is 17.3. The summed E-state index contributed by atoms with van der Waals surface area (Å²) in [6.07, 6.45) is 2.00. The Kier molecular flexibility index (Phi) is 5.58. The molecule has 0 fully saturated rings. The number of nitrogens with zero attached hydrogens (tertiary/aromatic N) is 3. The molecule has 0 aliphatic carbocycles. The van der Waals surface area contributed by atoms with Crippen LogP contribution in [-0.2, 0) is 11.2 Å². The third-order valence-electron chi connectivity index (χ3n) is 3.55. The molecule has 0 spiro atoms. The predicted molar refractivity (Wildman–Crippen MR) is 103 cm³/mol. The first-order chi connectivity index (χ1) is 12.2. The molecule has 0 saturated heterocycles. The highest BCUT2D eigenvalue weighted by Gasteiger charge is 2.19. The van der Waals surface area contributed by atoms with Gasteiger partial charge in [0.2, 0.25) is 11.0 Å². The van der Waals surface area contributed by atoms with Gasteiger partial charge in [0.1, 0.15) is 5.01 Å². The van der Waals surface area contributed by atoms with Gasteiger partial charge < -0.3 is 0 Å². The minimum Gasteiger partial charge on any atom is -0.283 e. The maximum Gasteiger partial charge on any atom is 0.233 e. The Hall–Kier alpha value is -2.50. The molecule has 126 valence electrons. The van der Waals surface area contributed by atoms with Crippen LogP contribution in [0, 0.1) is 0 Å². The number of hydrogen-bond donors (Lipinski definition) is 0. The van der Waals surface area contributed by atoms with Crippen molar-refractivity contribution in [2.45, 2.75) is 6.42 Å². The predicted octanol–water partition coefficient (Wildman–Crippen LogP) is 4.62. The van der Waals surface area contributed by atoms with Crippen molar-refractivity contribution in [3.05, 3.63) is 77.8 Å². The summed E-state index contributed by atoms with van der Waals surface area (Å²) < 4.78 is 0. The van der Waals surface area contributed by atoms with Crippen LogP contribution in [0.3, 0.4) is 0 Å². The van der Waals surface area contributed by atoms with Crippen molar-refractivity contribution < 1.29 is 4.79 Å². The van der Waals surface area contributed by atoms with Crippen LogP contribution in [-0.4, -0.2) is 22.6 Å². The summed E-state index contributed by atoms with van der Waals surface area (Å²) in [6, 6.07) is 17.0. The van der Waals surface area contributed by atoms with Gasteiger partial charge in [-0.05, 0) is 17.7 Å². The molecule has 0 N–H and O–H groups in total. The number of benzene rings is 2. The van der Waals surface area contributed by atoms with Crippen molar-refractivity contribution in [3.8, 4) is 10.6 Å². The van der Waals surface area contributed by atoms with Gasteiger partial charge in [-0.1, -0.05) is 71.5 Å². The number of amides is 1. The van der Waals surface area contributed by atoms with Crippen LogP contribution in [0.25, 0.3) is 10.6 Å². The Bertz CT molecular complexity index is 862. The highest BCUT2D eigenvalue weighted by atomic mass is 35.5. The zero-order valence-electron chi connectivity index (χ0n) is 13.4. The highest BCUT2D eigenvalue weighted by molar-refractivity contribution is 7.18. The van der Waals surface area contributed by atoms with Gasteiger partial charge in [0.05, 0.1) is 6.42 Å². The van der Waals surface area contributed by atoms with Gasteiger partial charge in [-0.2, -0.15) is 0 Å². The lowest BCUT2D eigenvalue weighted by atomic mass is 10.1. The van der Waals surface area contributed by atoms with E-state index in [0.29, 0.717) is 23.1 Å². The molecule has 3 rings (SSSR count). The van der Waals surface area contributed by atoms with Gasteiger partial charge in [-0.3, -0.25) is 9.69 Å². The number of rotatable bonds is 6. The maximum absolute atomic E-state index is 12.7. The smallest absolute Gasteiger partial charge is 0.233 e. The fourth-order valence-corrected chi connectivity index (χ4v) is 3.32. The molecular formula is C19H16ClN3OS. The fourth-order valence-electron chi connectivity index (χ4n) is 2.32. The number of halogens is 1. The quantitative estimate of drug-likeness (QED) is 0.595. The largest absolute Gasteiger partial charge is 0.283 e. The Morgan fingerprint density at radius 1 is 1.12 bits per heavy atom. The van der Waals surface area contributed by atoms with Crippen LogP contribution < -0.4 is 4.90 Å². The second-order valence-electron chi connectivity index (χ2n) is 5.35. The topological polar surface area (TPSA) is 46.1 Å². The summed E-state index contributed by atoms with van der Waals surface area (Å²) in [4.78, 5) is 14.3. The SMILES string of the molecule is C=CCN(C(=O)Cc1ccccc1)c1nnc(-c2ccc(Cl)cc2)s1. The normalized spacial score (nSPS) is 10.4. The zero-order valence-corrected chi connectivity index (χ0v) is 15.0. The molecule has 6 heteroatoms. The highest BCUT2D eigenvalue weighted by Crippen LogP contribution is 2.29. The van der Waals surface area contributed by atoms with Crippen molar-refractivity contribution in [1.82, 2.24) is 10.2 Å². The number of hydrogen-bond acceptors (Lipinski definition) is 4. The van der Waals surface area contributed by atoms with Crippen LogP contribution in [0.15, 0.2) is 67.3 Å². The molecule has 0 radical (unpaired) electrons. The van der Waals surface area contributed by atoms with Crippen LogP contribution in [0.4, 0.5) is 5.13 Å². The molecule has 0 aliphatic heterocycles. The van der Waals surface area contributed by atoms with E-state index in [-0.39, 0.29) is 5.91 Å². The molecule has 3 aromatic rings. The molecule has 1 aromatic heterocycles. The minimum absolute atomic E-state index is 0.0371. The van der Waals surface area contributed by atoms with E-state index in [2.05, 4.69) is 16.8 Å². The second kappa shape index (κ2) is 8.05. The van der Waals surface area contributed by atoms with Gasteiger partial charge in [-0.25, -0.2) is 0 Å². The molecule has 0 saturated carbocycles. The second-order valence-corrected chi connectivity index (χ2v) is 6.74. The summed E-state index contributed by atoms with van der Waals surface area (Å²) >= 11 is 7.29. The summed E-state index contributed by atoms with van der Waals surface area (Å²) in [5.74, 6) is -0.0371. The first-order valence-electron chi connectivity index (χ1n) is 7.72. The molecule has 0 unspecified atom stereocenters. The van der Waals surface area contributed by atoms with Gasteiger partial charge in [-0.15, -0.1) is 16.8 Å². The number of carbonyl (C=O) groups excluding carboxylic acids is 1. The number of aromatic nitrogens is 2. The minimum atomic E-state index is -0.0371. The zero-order chi connectivity index (χ0) is 17.6. The lowest BCUT2D eigenvalue weighted by Crippen LogP contribution is -2.32. The summed E-state index contributed by atoms with van der Waals surface area (Å²) in [7, 11) is 0. The number of anilines is 1. The third kappa shape index (κ3) is 4.32. The lowest BCUT2D eigenvalue weighted by molar-refractivity contribution is -0.117. The Morgan fingerprint density at radius 3 is 2.52 bits per heavy atom. The molecule has 4 nitrogen and oxygen atoms in total. The summed E-state index contributed by atoms with van der Waals surface area (Å²) in [6.45, 7) is 4.13. The average Bonchev–Trinajstić information content (AvgIpc) is 3.10. The third-order valence-corrected chi connectivity index (χ3v) is 4.79. The van der Waals surface area contributed by atoms with E-state index in [9.17, 15) is 4.79 Å². The van der Waals surface area contributed by atoms with E-state index in [4.69, 9.17) is 11.6 Å². The van der Waals surface area contributed by atoms with E-state index in [1.807, 2.05) is 42.5 Å². The van der Waals surface area contributed by atoms with E-state index >= 15 is 0 Å². The molecule has 1 amide bonds. The van der Waals surface area contributed by atoms with Gasteiger partial charge in [0.15, 0.2) is 0 Å². The van der Waals surface area contributed by atoms with Crippen molar-refractivity contribution >= 4 is 34.0 Å². The molecule has 0 aliphatic rings. The summed E-state index contributed by atoms with van der Waals surface area (Å²) in [5, 5.41) is 10.4. The Balaban J connectivity index is 1.82. The van der Waals surface area contributed by atoms with E-state index in [1.165, 1.54) is 11.3 Å². The molecule has 1 heterocycles. The van der Waals surface area contributed by atoms with Crippen LogP contribution in [0.2, 0.25) is 5.02 Å². The molecule has 2 aromatic carbocycles. The van der Waals surface area contributed by atoms with Crippen molar-refractivity contribution in [2.75, 3.05) is 11.4 Å². The van der Waals surface area contributed by atoms with Crippen molar-refractivity contribution in [2.24, 2.45) is 0 Å². The Labute approximate surface area is 155 Å². The van der Waals surface area contributed by atoms with Crippen LogP contribution in [0.5, 0.6) is 0 Å².